The summed E-state index contributed by atoms with van der Waals surface area (Å²) in [5, 5.41) is 8.55. The first-order valence-electron chi connectivity index (χ1n) is 4.32. The Kier molecular flexibility index (Phi) is 7.20. The van der Waals surface area contributed by atoms with E-state index in [0.717, 1.165) is 0 Å². The first-order valence-corrected chi connectivity index (χ1v) is 4.32. The van der Waals surface area contributed by atoms with Gasteiger partial charge >= 0.3 is 41.5 Å². The zero-order valence-electron chi connectivity index (χ0n) is 9.92. The smallest absolute Gasteiger partial charge is 1.00 e. The molecule has 5 nitrogen and oxygen atoms in total. The molecule has 0 aliphatic carbocycles. The Balaban J connectivity index is 0. The van der Waals surface area contributed by atoms with Gasteiger partial charge in [-0.1, -0.05) is 18.2 Å². The molecule has 1 aromatic carbocycles. The summed E-state index contributed by atoms with van der Waals surface area (Å²) in [6.45, 7) is -0.555. The van der Waals surface area contributed by atoms with E-state index >= 15 is 0 Å². The number of aliphatic hydroxyl groups excluding tert-OH is 1. The van der Waals surface area contributed by atoms with Crippen LogP contribution in [0.2, 0.25) is 0 Å². The molecule has 0 aliphatic rings. The van der Waals surface area contributed by atoms with Crippen LogP contribution < -0.4 is 35.3 Å². The van der Waals surface area contributed by atoms with Crippen molar-refractivity contribution in [2.75, 3.05) is 6.61 Å². The monoisotopic (exact) mass is 233 g/mol. The van der Waals surface area contributed by atoms with Crippen molar-refractivity contribution in [2.24, 2.45) is 5.73 Å². The minimum absolute atomic E-state index is 0. The molecule has 82 valence electrons. The Bertz CT molecular complexity index is 361. The SMILES string of the molecule is N[C@@H](CO)C(=O)OC(=O)c1ccccc1.[H-].[Na+]. The van der Waals surface area contributed by atoms with Crippen molar-refractivity contribution in [3.63, 3.8) is 0 Å². The second kappa shape index (κ2) is 7.54. The van der Waals surface area contributed by atoms with Crippen LogP contribution in [0.5, 0.6) is 0 Å². The van der Waals surface area contributed by atoms with E-state index in [-0.39, 0.29) is 36.5 Å². The summed E-state index contributed by atoms with van der Waals surface area (Å²) < 4.78 is 4.43. The first kappa shape index (κ1) is 15.3. The molecule has 0 spiro atoms. The number of hydrogen-bond acceptors (Lipinski definition) is 5. The van der Waals surface area contributed by atoms with Crippen molar-refractivity contribution >= 4 is 11.9 Å². The fourth-order valence-corrected chi connectivity index (χ4v) is 0.875. The third kappa shape index (κ3) is 4.42. The van der Waals surface area contributed by atoms with Gasteiger partial charge < -0.3 is 17.0 Å². The molecule has 1 aromatic rings. The van der Waals surface area contributed by atoms with Gasteiger partial charge in [0.1, 0.15) is 6.04 Å². The molecule has 0 fully saturated rings. The number of esters is 2. The van der Waals surface area contributed by atoms with Crippen LogP contribution in [0.4, 0.5) is 0 Å². The van der Waals surface area contributed by atoms with E-state index in [2.05, 4.69) is 4.74 Å². The zero-order chi connectivity index (χ0) is 11.3. The maximum atomic E-state index is 11.3. The van der Waals surface area contributed by atoms with Crippen LogP contribution in [-0.2, 0) is 9.53 Å². The Hall–Kier alpha value is -0.720. The molecule has 0 saturated carbocycles. The Morgan fingerprint density at radius 3 is 2.44 bits per heavy atom. The number of aliphatic hydroxyl groups is 1. The molecule has 0 aromatic heterocycles. The van der Waals surface area contributed by atoms with E-state index in [1.54, 1.807) is 18.2 Å². The standard InChI is InChI=1S/C10H11NO4.Na.H/c11-8(6-12)10(14)15-9(13)7-4-2-1-3-5-7;;/h1-5,8,12H,6,11H2;;/q;+1;-1/t8-;;/m0../s1. The quantitative estimate of drug-likeness (QED) is 0.326. The molecule has 6 heteroatoms. The number of nitrogens with two attached hydrogens (primary N) is 1. The summed E-state index contributed by atoms with van der Waals surface area (Å²) in [5.74, 6) is -1.71. The second-order valence-corrected chi connectivity index (χ2v) is 2.86. The number of carbonyl (C=O) groups excluding carboxylic acids is 2. The maximum absolute atomic E-state index is 11.3. The van der Waals surface area contributed by atoms with E-state index in [1.807, 2.05) is 0 Å². The molecule has 3 N–H and O–H groups in total. The number of hydrogen-bond donors (Lipinski definition) is 2. The summed E-state index contributed by atoms with van der Waals surface area (Å²) in [4.78, 5) is 22.3. The van der Waals surface area contributed by atoms with Crippen molar-refractivity contribution in [3.05, 3.63) is 35.9 Å². The summed E-state index contributed by atoms with van der Waals surface area (Å²) in [7, 11) is 0. The summed E-state index contributed by atoms with van der Waals surface area (Å²) >= 11 is 0. The van der Waals surface area contributed by atoms with Crippen LogP contribution >= 0.6 is 0 Å². The molecule has 16 heavy (non-hydrogen) atoms. The third-order valence-electron chi connectivity index (χ3n) is 1.70. The molecule has 0 amide bonds. The van der Waals surface area contributed by atoms with Crippen LogP contribution in [0, 0.1) is 0 Å². The molecule has 0 bridgehead atoms. The predicted octanol–water partition coefficient (Wildman–Crippen LogP) is -3.19. The van der Waals surface area contributed by atoms with Gasteiger partial charge in [-0.15, -0.1) is 0 Å². The molecule has 0 heterocycles. The summed E-state index contributed by atoms with van der Waals surface area (Å²) in [6, 6.07) is 6.87. The molecular weight excluding hydrogens is 221 g/mol. The average molecular weight is 233 g/mol. The molecule has 0 unspecified atom stereocenters. The largest absolute Gasteiger partial charge is 1.00 e. The van der Waals surface area contributed by atoms with Crippen LogP contribution in [0.1, 0.15) is 11.8 Å². The minimum Gasteiger partial charge on any atom is -1.00 e. The Morgan fingerprint density at radius 2 is 1.94 bits per heavy atom. The Morgan fingerprint density at radius 1 is 1.38 bits per heavy atom. The number of rotatable bonds is 3. The van der Waals surface area contributed by atoms with Gasteiger partial charge in [0.25, 0.3) is 0 Å². The molecule has 1 rings (SSSR count). The van der Waals surface area contributed by atoms with Crippen molar-refractivity contribution < 1.29 is 50.4 Å². The van der Waals surface area contributed by atoms with Crippen LogP contribution in [0.3, 0.4) is 0 Å². The van der Waals surface area contributed by atoms with E-state index in [1.165, 1.54) is 12.1 Å². The zero-order valence-corrected chi connectivity index (χ0v) is 10.9. The van der Waals surface area contributed by atoms with Gasteiger partial charge in [-0.05, 0) is 12.1 Å². The number of ether oxygens (including phenoxy) is 1. The van der Waals surface area contributed by atoms with Crippen LogP contribution in [-0.4, -0.2) is 29.7 Å². The molecule has 0 saturated heterocycles. The summed E-state index contributed by atoms with van der Waals surface area (Å²) in [5.41, 5.74) is 5.43. The topological polar surface area (TPSA) is 89.6 Å². The average Bonchev–Trinajstić information content (AvgIpc) is 2.29. The number of carbonyl (C=O) groups is 2. The van der Waals surface area contributed by atoms with Gasteiger partial charge in [0, 0.05) is 0 Å². The van der Waals surface area contributed by atoms with Crippen molar-refractivity contribution in [1.29, 1.82) is 0 Å². The Labute approximate surface area is 116 Å². The summed E-state index contributed by atoms with van der Waals surface area (Å²) in [6.07, 6.45) is 0. The fraction of sp³-hybridized carbons (Fsp3) is 0.200. The van der Waals surface area contributed by atoms with Crippen molar-refractivity contribution in [2.45, 2.75) is 6.04 Å². The van der Waals surface area contributed by atoms with Crippen LogP contribution in [0.25, 0.3) is 0 Å². The maximum Gasteiger partial charge on any atom is 1.00 e. The number of benzene rings is 1. The van der Waals surface area contributed by atoms with Gasteiger partial charge in [0.15, 0.2) is 0 Å². The second-order valence-electron chi connectivity index (χ2n) is 2.86. The van der Waals surface area contributed by atoms with E-state index in [4.69, 9.17) is 10.8 Å². The van der Waals surface area contributed by atoms with Gasteiger partial charge in [-0.2, -0.15) is 0 Å². The van der Waals surface area contributed by atoms with Gasteiger partial charge in [0.05, 0.1) is 12.2 Å². The molecule has 0 radical (unpaired) electrons. The minimum atomic E-state index is -1.18. The molecule has 1 atom stereocenters. The first-order chi connectivity index (χ1) is 7.15. The van der Waals surface area contributed by atoms with Gasteiger partial charge in [0.2, 0.25) is 0 Å². The van der Waals surface area contributed by atoms with Gasteiger partial charge in [-0.25, -0.2) is 9.59 Å². The van der Waals surface area contributed by atoms with E-state index < -0.39 is 24.6 Å². The van der Waals surface area contributed by atoms with E-state index in [9.17, 15) is 9.59 Å². The third-order valence-corrected chi connectivity index (χ3v) is 1.70. The predicted molar refractivity (Wildman–Crippen MR) is 53.0 cm³/mol. The van der Waals surface area contributed by atoms with E-state index in [0.29, 0.717) is 0 Å². The van der Waals surface area contributed by atoms with Crippen molar-refractivity contribution in [1.82, 2.24) is 0 Å². The van der Waals surface area contributed by atoms with Crippen molar-refractivity contribution in [3.8, 4) is 0 Å². The molecule has 0 aliphatic heterocycles. The normalized spacial score (nSPS) is 11.1. The molecular formula is C10H12NNaO4. The van der Waals surface area contributed by atoms with Crippen LogP contribution in [0.15, 0.2) is 30.3 Å². The fourth-order valence-electron chi connectivity index (χ4n) is 0.875. The van der Waals surface area contributed by atoms with Gasteiger partial charge in [-0.3, -0.25) is 0 Å².